The number of benzene rings is 2. The van der Waals surface area contributed by atoms with Gasteiger partial charge >= 0.3 is 11.6 Å². The van der Waals surface area contributed by atoms with Gasteiger partial charge in [-0.05, 0) is 37.3 Å². The Balaban J connectivity index is 1.76. The second-order valence-electron chi connectivity index (χ2n) is 5.60. The number of furan rings is 1. The van der Waals surface area contributed by atoms with Gasteiger partial charge in [0, 0.05) is 17.0 Å². The zero-order valence-electron chi connectivity index (χ0n) is 15.2. The Morgan fingerprint density at radius 1 is 1.32 bits per heavy atom. The number of nitrogens with one attached hydrogen (secondary N) is 1. The summed E-state index contributed by atoms with van der Waals surface area (Å²) in [5, 5.41) is 15.6. The van der Waals surface area contributed by atoms with Crippen LogP contribution in [-0.2, 0) is 0 Å². The second-order valence-corrected chi connectivity index (χ2v) is 5.60. The maximum absolute atomic E-state index is 12.3. The third-order valence-electron chi connectivity index (χ3n) is 3.82. The molecular formula is C19H17N3O6. The summed E-state index contributed by atoms with van der Waals surface area (Å²) in [6.07, 6.45) is 1.26. The van der Waals surface area contributed by atoms with Crippen molar-refractivity contribution in [2.24, 2.45) is 5.10 Å². The van der Waals surface area contributed by atoms with Crippen LogP contribution in [0.15, 0.2) is 52.0 Å². The van der Waals surface area contributed by atoms with Crippen LogP contribution in [0.1, 0.15) is 23.0 Å². The molecule has 0 saturated heterocycles. The summed E-state index contributed by atoms with van der Waals surface area (Å²) in [6.45, 7) is 2.42. The molecule has 1 aromatic heterocycles. The van der Waals surface area contributed by atoms with Crippen molar-refractivity contribution in [3.8, 4) is 11.5 Å². The number of nitro groups is 1. The summed E-state index contributed by atoms with van der Waals surface area (Å²) in [5.41, 5.74) is 3.02. The molecule has 1 N–H and O–H groups in total. The van der Waals surface area contributed by atoms with Crippen LogP contribution in [0.25, 0.3) is 11.0 Å². The topological polar surface area (TPSA) is 116 Å². The highest BCUT2D eigenvalue weighted by molar-refractivity contribution is 5.97. The molecule has 28 heavy (non-hydrogen) atoms. The highest BCUT2D eigenvalue weighted by atomic mass is 16.6. The highest BCUT2D eigenvalue weighted by Gasteiger charge is 2.17. The van der Waals surface area contributed by atoms with E-state index in [0.717, 1.165) is 5.39 Å². The number of ether oxygens (including phenoxy) is 2. The van der Waals surface area contributed by atoms with Crippen molar-refractivity contribution in [2.75, 3.05) is 13.7 Å². The number of nitrogens with zero attached hydrogens (tertiary/aromatic N) is 2. The molecule has 0 radical (unpaired) electrons. The van der Waals surface area contributed by atoms with E-state index in [9.17, 15) is 14.9 Å². The van der Waals surface area contributed by atoms with Gasteiger partial charge in [0.15, 0.2) is 5.76 Å². The van der Waals surface area contributed by atoms with Crippen LogP contribution < -0.4 is 14.9 Å². The number of methoxy groups -OCH3 is 1. The first-order chi connectivity index (χ1) is 13.5. The molecule has 9 heteroatoms. The van der Waals surface area contributed by atoms with Crippen LogP contribution in [0, 0.1) is 10.1 Å². The molecule has 9 nitrogen and oxygen atoms in total. The van der Waals surface area contributed by atoms with Crippen LogP contribution in [0.2, 0.25) is 0 Å². The van der Waals surface area contributed by atoms with Gasteiger partial charge in [-0.3, -0.25) is 14.9 Å². The number of rotatable bonds is 7. The lowest BCUT2D eigenvalue weighted by Crippen LogP contribution is -2.16. The number of amides is 1. The molecule has 0 bridgehead atoms. The number of hydrazone groups is 1. The summed E-state index contributed by atoms with van der Waals surface area (Å²) in [6, 6.07) is 11.2. The first-order valence-corrected chi connectivity index (χ1v) is 8.34. The molecule has 0 unspecified atom stereocenters. The van der Waals surface area contributed by atoms with E-state index in [1.807, 2.05) is 6.92 Å². The van der Waals surface area contributed by atoms with E-state index >= 15 is 0 Å². The third-order valence-corrected chi connectivity index (χ3v) is 3.82. The predicted molar refractivity (Wildman–Crippen MR) is 102 cm³/mol. The Morgan fingerprint density at radius 2 is 2.14 bits per heavy atom. The quantitative estimate of drug-likeness (QED) is 0.379. The SMILES string of the molecule is CCOc1ccc2oc(C(=O)N/N=C/c3cccc([N+](=O)[O-])c3OC)cc2c1. The lowest BCUT2D eigenvalue weighted by atomic mass is 10.2. The van der Waals surface area contributed by atoms with Crippen LogP contribution in [0.4, 0.5) is 5.69 Å². The summed E-state index contributed by atoms with van der Waals surface area (Å²) in [5.74, 6) is 0.248. The van der Waals surface area contributed by atoms with Crippen LogP contribution in [-0.4, -0.2) is 30.8 Å². The minimum atomic E-state index is -0.560. The number of fused-ring (bicyclic) bond motifs is 1. The molecule has 0 aliphatic heterocycles. The molecule has 1 heterocycles. The standard InChI is InChI=1S/C19H17N3O6/c1-3-27-14-7-8-16-13(9-14)10-17(28-16)19(23)21-20-11-12-5-4-6-15(22(24)25)18(12)26-2/h4-11H,3H2,1-2H3,(H,21,23)/b20-11+. The fraction of sp³-hybridized carbons (Fsp3) is 0.158. The average Bonchev–Trinajstić information content (AvgIpc) is 3.11. The van der Waals surface area contributed by atoms with E-state index in [-0.39, 0.29) is 17.2 Å². The van der Waals surface area contributed by atoms with Crippen molar-refractivity contribution in [1.29, 1.82) is 0 Å². The van der Waals surface area contributed by atoms with Gasteiger partial charge < -0.3 is 13.9 Å². The molecule has 0 aliphatic carbocycles. The van der Waals surface area contributed by atoms with Gasteiger partial charge in [-0.25, -0.2) is 5.43 Å². The van der Waals surface area contributed by atoms with E-state index in [2.05, 4.69) is 10.5 Å². The lowest BCUT2D eigenvalue weighted by molar-refractivity contribution is -0.385. The van der Waals surface area contributed by atoms with Crippen LogP contribution >= 0.6 is 0 Å². The van der Waals surface area contributed by atoms with Gasteiger partial charge in [0.25, 0.3) is 0 Å². The Bertz CT molecular complexity index is 1060. The van der Waals surface area contributed by atoms with Crippen molar-refractivity contribution < 1.29 is 23.6 Å². The summed E-state index contributed by atoms with van der Waals surface area (Å²) in [4.78, 5) is 22.7. The number of nitro benzene ring substituents is 1. The summed E-state index contributed by atoms with van der Waals surface area (Å²) in [7, 11) is 1.32. The van der Waals surface area contributed by atoms with Gasteiger partial charge in [-0.2, -0.15) is 5.10 Å². The number of carbonyl (C=O) groups excluding carboxylic acids is 1. The zero-order valence-corrected chi connectivity index (χ0v) is 15.2. The molecule has 2 aromatic carbocycles. The fourth-order valence-corrected chi connectivity index (χ4v) is 2.62. The van der Waals surface area contributed by atoms with E-state index in [0.29, 0.717) is 23.5 Å². The highest BCUT2D eigenvalue weighted by Crippen LogP contribution is 2.29. The zero-order chi connectivity index (χ0) is 20.1. The molecule has 1 amide bonds. The van der Waals surface area contributed by atoms with Crippen molar-refractivity contribution >= 4 is 28.8 Å². The Hall–Kier alpha value is -3.88. The van der Waals surface area contributed by atoms with Crippen LogP contribution in [0.3, 0.4) is 0 Å². The van der Waals surface area contributed by atoms with Crippen molar-refractivity contribution in [3.05, 3.63) is 63.9 Å². The molecule has 0 saturated carbocycles. The third kappa shape index (κ3) is 3.93. The number of carbonyl (C=O) groups is 1. The lowest BCUT2D eigenvalue weighted by Gasteiger charge is -2.04. The largest absolute Gasteiger partial charge is 0.494 e. The Kier molecular flexibility index (Phi) is 5.54. The summed E-state index contributed by atoms with van der Waals surface area (Å²) >= 11 is 0. The van der Waals surface area contributed by atoms with Gasteiger partial charge in [0.2, 0.25) is 5.75 Å². The molecule has 0 atom stereocenters. The van der Waals surface area contributed by atoms with Gasteiger partial charge in [0.05, 0.1) is 24.9 Å². The number of para-hydroxylation sites is 1. The van der Waals surface area contributed by atoms with Crippen LogP contribution in [0.5, 0.6) is 11.5 Å². The number of hydrogen-bond donors (Lipinski definition) is 1. The number of hydrogen-bond acceptors (Lipinski definition) is 7. The van der Waals surface area contributed by atoms with Gasteiger partial charge in [0.1, 0.15) is 11.3 Å². The van der Waals surface area contributed by atoms with Crippen molar-refractivity contribution in [2.45, 2.75) is 6.92 Å². The molecule has 144 valence electrons. The second kappa shape index (κ2) is 8.21. The Labute approximate surface area is 159 Å². The predicted octanol–water partition coefficient (Wildman–Crippen LogP) is 3.51. The van der Waals surface area contributed by atoms with Gasteiger partial charge in [-0.1, -0.05) is 6.07 Å². The maximum Gasteiger partial charge on any atom is 0.311 e. The molecule has 0 spiro atoms. The smallest absolute Gasteiger partial charge is 0.311 e. The maximum atomic E-state index is 12.3. The molecule has 0 aliphatic rings. The van der Waals surface area contributed by atoms with E-state index < -0.39 is 10.8 Å². The first-order valence-electron chi connectivity index (χ1n) is 8.34. The first kappa shape index (κ1) is 18.9. The average molecular weight is 383 g/mol. The van der Waals surface area contributed by atoms with Crippen molar-refractivity contribution in [1.82, 2.24) is 5.43 Å². The monoisotopic (exact) mass is 383 g/mol. The Morgan fingerprint density at radius 3 is 2.86 bits per heavy atom. The normalized spacial score (nSPS) is 10.9. The minimum Gasteiger partial charge on any atom is -0.494 e. The van der Waals surface area contributed by atoms with Crippen molar-refractivity contribution in [3.63, 3.8) is 0 Å². The van der Waals surface area contributed by atoms with E-state index in [1.54, 1.807) is 30.3 Å². The van der Waals surface area contributed by atoms with E-state index in [1.165, 1.54) is 25.5 Å². The molecule has 0 fully saturated rings. The van der Waals surface area contributed by atoms with Gasteiger partial charge in [-0.15, -0.1) is 0 Å². The summed E-state index contributed by atoms with van der Waals surface area (Å²) < 4.78 is 16.0. The molecule has 3 rings (SSSR count). The molecule has 3 aromatic rings. The molecular weight excluding hydrogens is 366 g/mol. The fourth-order valence-electron chi connectivity index (χ4n) is 2.62. The minimum absolute atomic E-state index is 0.0534. The van der Waals surface area contributed by atoms with E-state index in [4.69, 9.17) is 13.9 Å².